The summed E-state index contributed by atoms with van der Waals surface area (Å²) in [5.41, 5.74) is 3.17. The van der Waals surface area contributed by atoms with E-state index >= 15 is 0 Å². The molecule has 0 radical (unpaired) electrons. The van der Waals surface area contributed by atoms with E-state index < -0.39 is 31.7 Å². The molecule has 2 heterocycles. The summed E-state index contributed by atoms with van der Waals surface area (Å²) < 4.78 is 4.70. The minimum atomic E-state index is -0.783. The van der Waals surface area contributed by atoms with Crippen molar-refractivity contribution in [3.63, 3.8) is 0 Å². The van der Waals surface area contributed by atoms with Gasteiger partial charge in [-0.25, -0.2) is 0 Å². The van der Waals surface area contributed by atoms with Crippen LogP contribution in [0.25, 0.3) is 40.3 Å². The summed E-state index contributed by atoms with van der Waals surface area (Å²) in [6.45, 7) is 0. The van der Waals surface area contributed by atoms with E-state index in [9.17, 15) is 0 Å². The standard InChI is InChI=1S/2C26H24P2.2C16H6S.4Au/c2*1-5-13-23(14-6-1)27(24-15-7-2-8-16-24)21-22-28(25-17-9-3-10-18-25)26-19-11-4-12-20-26;2*1-3-11-6-8-15-14(9-11)13-7-5-12(4-2)10-16(13)17-15;;;;/h2*1-20H,21-22H2;2*5-10H;;;;/q;;2*-2;4*+1/p+4. The summed E-state index contributed by atoms with van der Waals surface area (Å²) in [4.78, 5) is 0. The molecule has 0 fully saturated rings. The maximum absolute atomic E-state index is 7.16. The molecule has 0 nitrogen and oxygen atoms in total. The summed E-state index contributed by atoms with van der Waals surface area (Å²) in [6, 6.07) is 113. The smallest absolute Gasteiger partial charge is 0.366 e. The molecule has 0 saturated carbocycles. The third kappa shape index (κ3) is 20.1. The van der Waals surface area contributed by atoms with E-state index in [2.05, 4.69) is 266 Å². The van der Waals surface area contributed by atoms with Gasteiger partial charge >= 0.3 is 89.5 Å². The molecule has 0 spiro atoms. The van der Waals surface area contributed by atoms with Crippen LogP contribution in [0.1, 0.15) is 22.3 Å². The molecule has 0 aliphatic heterocycles. The van der Waals surface area contributed by atoms with Crippen LogP contribution >= 0.6 is 54.4 Å². The Hall–Kier alpha value is -6.00. The summed E-state index contributed by atoms with van der Waals surface area (Å²) in [6.07, 6.45) is 33.6. The van der Waals surface area contributed by atoms with Crippen LogP contribution in [-0.4, -0.2) is 24.6 Å². The van der Waals surface area contributed by atoms with Crippen molar-refractivity contribution in [1.82, 2.24) is 0 Å². The minimum Gasteiger partial charge on any atom is -0.366 e. The zero-order valence-corrected chi connectivity index (χ0v) is 65.2. The van der Waals surface area contributed by atoms with Crippen molar-refractivity contribution >= 4 is 137 Å². The second-order valence-electron chi connectivity index (χ2n) is 21.4. The number of fused-ring (bicyclic) bond motifs is 6. The van der Waals surface area contributed by atoms with Crippen LogP contribution in [0.4, 0.5) is 0 Å². The zero-order chi connectivity index (χ0) is 61.7. The molecule has 2 aromatic heterocycles. The first kappa shape index (κ1) is 75.4. The second kappa shape index (κ2) is 39.3. The predicted molar refractivity (Wildman–Crippen MR) is 405 cm³/mol. The number of benzene rings is 12. The van der Waals surface area contributed by atoms with Gasteiger partial charge in [0.15, 0.2) is 0 Å². The van der Waals surface area contributed by atoms with Crippen LogP contribution in [0, 0.1) is 49.4 Å². The van der Waals surface area contributed by atoms with Gasteiger partial charge < -0.3 is 25.7 Å². The van der Waals surface area contributed by atoms with Gasteiger partial charge in [-0.2, -0.15) is 0 Å². The Labute approximate surface area is 631 Å². The van der Waals surface area contributed by atoms with E-state index in [-0.39, 0.29) is 89.5 Å². The van der Waals surface area contributed by atoms with Crippen LogP contribution in [0.15, 0.2) is 315 Å². The summed E-state index contributed by atoms with van der Waals surface area (Å²) in [5, 5.41) is 16.8. The van der Waals surface area contributed by atoms with Crippen LogP contribution in [0.2, 0.25) is 0 Å². The van der Waals surface area contributed by atoms with Gasteiger partial charge in [0.2, 0.25) is 0 Å². The van der Waals surface area contributed by atoms with Gasteiger partial charge in [-0.05, 0) is 119 Å². The van der Waals surface area contributed by atoms with Crippen molar-refractivity contribution in [3.8, 4) is 23.7 Å². The molecule has 0 atom stereocenters. The Bertz CT molecular complexity index is 4150. The molecule has 0 bridgehead atoms. The Morgan fingerprint density at radius 3 is 0.606 bits per heavy atom. The summed E-state index contributed by atoms with van der Waals surface area (Å²) in [5.74, 6) is 9.62. The van der Waals surface area contributed by atoms with Gasteiger partial charge in [0.25, 0.3) is 0 Å². The molecule has 0 aliphatic rings. The SMILES string of the molecule is [Au+].[Au+].[Au+].[Au+].[C-]#Cc1ccc2c(c1)sc1ccc(C#[C-])cc12.[C-]#Cc1ccc2c(c1)sc1ccc(C#[C-])cc12.c1ccc([PH+](CC[PH+](c2ccccc2)c2ccccc2)c2ccccc2)cc1.c1ccc([PH+](CC[PH+](c2ccccc2)c2ccccc2)c2ccccc2)cc1. The average Bonchev–Trinajstić information content (AvgIpc) is 1.63. The normalized spacial score (nSPS) is 10.3. The number of thiophene rings is 2. The fourth-order valence-corrected chi connectivity index (χ4v) is 26.0. The molecule has 0 amide bonds. The monoisotopic (exact) mass is 2050 g/mol. The van der Waals surface area contributed by atoms with Crippen molar-refractivity contribution in [3.05, 3.63) is 363 Å². The Morgan fingerprint density at radius 1 is 0.213 bits per heavy atom. The van der Waals surface area contributed by atoms with Gasteiger partial charge in [-0.3, -0.25) is 23.7 Å². The minimum absolute atomic E-state index is 0. The van der Waals surface area contributed by atoms with Crippen molar-refractivity contribution in [2.45, 2.75) is 0 Å². The van der Waals surface area contributed by atoms with E-state index in [0.29, 0.717) is 0 Å². The molecule has 14 aromatic rings. The molecule has 12 aromatic carbocycles. The molecule has 10 heteroatoms. The Morgan fingerprint density at radius 2 is 0.404 bits per heavy atom. The van der Waals surface area contributed by atoms with Crippen LogP contribution in [-0.2, 0) is 89.5 Å². The van der Waals surface area contributed by atoms with Crippen molar-refractivity contribution in [2.75, 3.05) is 24.6 Å². The molecular weight excluding hydrogens is 1980 g/mol. The Kier molecular flexibility index (Phi) is 31.5. The average molecular weight is 2050 g/mol. The topological polar surface area (TPSA) is 0 Å². The second-order valence-corrected chi connectivity index (χ2v) is 34.0. The molecule has 0 N–H and O–H groups in total. The fraction of sp³-hybridized carbons (Fsp3) is 0.0476. The van der Waals surface area contributed by atoms with Crippen molar-refractivity contribution in [1.29, 1.82) is 0 Å². The van der Waals surface area contributed by atoms with E-state index in [1.54, 1.807) is 22.7 Å². The third-order valence-electron chi connectivity index (χ3n) is 15.7. The maximum atomic E-state index is 7.16. The number of hydrogen-bond donors (Lipinski definition) is 0. The molecule has 0 aliphatic carbocycles. The molecule has 94 heavy (non-hydrogen) atoms. The first-order valence-corrected chi connectivity index (χ1v) is 38.4. The molecule has 14 rings (SSSR count). The summed E-state index contributed by atoms with van der Waals surface area (Å²) >= 11 is 3.40. The van der Waals surface area contributed by atoms with Crippen LogP contribution in [0.3, 0.4) is 0 Å². The van der Waals surface area contributed by atoms with E-state index in [0.717, 1.165) is 42.4 Å². The maximum Gasteiger partial charge on any atom is 1.00 e. The molecule has 0 saturated heterocycles. The van der Waals surface area contributed by atoms with Gasteiger partial charge in [0, 0.05) is 18.8 Å². The van der Waals surface area contributed by atoms with Crippen LogP contribution < -0.4 is 42.4 Å². The van der Waals surface area contributed by atoms with E-state index in [1.165, 1.54) is 87.3 Å². The first-order chi connectivity index (χ1) is 44.5. The quantitative estimate of drug-likeness (QED) is 0.0441. The predicted octanol–water partition coefficient (Wildman–Crippen LogP) is 17.3. The first-order valence-electron chi connectivity index (χ1n) is 30.0. The van der Waals surface area contributed by atoms with Gasteiger partial charge in [-0.15, -0.1) is 93.5 Å². The van der Waals surface area contributed by atoms with Crippen molar-refractivity contribution < 1.29 is 89.5 Å². The largest absolute Gasteiger partial charge is 1.00 e. The van der Waals surface area contributed by atoms with E-state index in [1.807, 2.05) is 72.8 Å². The Balaban J connectivity index is 0.000000179. The molecule has 472 valence electrons. The number of hydrogen-bond acceptors (Lipinski definition) is 2. The fourth-order valence-electron chi connectivity index (χ4n) is 11.3. The van der Waals surface area contributed by atoms with Gasteiger partial charge in [0.05, 0.1) is 74.1 Å². The third-order valence-corrected chi connectivity index (χ3v) is 30.3. The molecular formula is C84H64Au4P4S2+4. The number of rotatable bonds is 14. The molecule has 0 unspecified atom stereocenters. The van der Waals surface area contributed by atoms with Gasteiger partial charge in [0.1, 0.15) is 24.6 Å². The van der Waals surface area contributed by atoms with Gasteiger partial charge in [-0.1, -0.05) is 170 Å². The van der Waals surface area contributed by atoms with Crippen molar-refractivity contribution in [2.24, 2.45) is 0 Å². The van der Waals surface area contributed by atoms with Crippen LogP contribution in [0.5, 0.6) is 0 Å². The zero-order valence-electron chi connectivity index (χ0n) is 50.9. The van der Waals surface area contributed by atoms with E-state index in [4.69, 9.17) is 25.7 Å². The summed E-state index contributed by atoms with van der Waals surface area (Å²) in [7, 11) is -3.13.